The SMILES string of the molecule is COc1ccc(-n2nnc3cnc(N[C@@H]4CC[C@@H](NC(=O)OC(C)(C)C)C4)nc32)cc1. The predicted octanol–water partition coefficient (Wildman–Crippen LogP) is 3.08. The minimum Gasteiger partial charge on any atom is -0.497 e. The largest absolute Gasteiger partial charge is 0.497 e. The number of carbonyl (C=O) groups is 1. The molecule has 0 aliphatic heterocycles. The van der Waals surface area contributed by atoms with Crippen molar-refractivity contribution in [3.63, 3.8) is 0 Å². The van der Waals surface area contributed by atoms with Gasteiger partial charge in [-0.15, -0.1) is 5.10 Å². The van der Waals surface area contributed by atoms with Crippen LogP contribution in [0.1, 0.15) is 40.0 Å². The van der Waals surface area contributed by atoms with Crippen LogP contribution in [0.15, 0.2) is 30.5 Å². The van der Waals surface area contributed by atoms with Crippen LogP contribution in [0.3, 0.4) is 0 Å². The number of anilines is 1. The van der Waals surface area contributed by atoms with E-state index in [1.165, 1.54) is 0 Å². The van der Waals surface area contributed by atoms with Crippen LogP contribution in [0, 0.1) is 0 Å². The van der Waals surface area contributed by atoms with Gasteiger partial charge in [-0.2, -0.15) is 9.67 Å². The van der Waals surface area contributed by atoms with Crippen molar-refractivity contribution in [2.45, 2.75) is 57.7 Å². The molecule has 4 rings (SSSR count). The number of hydrogen-bond acceptors (Lipinski definition) is 8. The second-order valence-electron chi connectivity index (χ2n) is 8.60. The topological polar surface area (TPSA) is 116 Å². The summed E-state index contributed by atoms with van der Waals surface area (Å²) in [6.45, 7) is 5.56. The molecule has 10 heteroatoms. The smallest absolute Gasteiger partial charge is 0.407 e. The van der Waals surface area contributed by atoms with Gasteiger partial charge in [0.25, 0.3) is 0 Å². The summed E-state index contributed by atoms with van der Waals surface area (Å²) in [5.41, 5.74) is 1.54. The maximum absolute atomic E-state index is 12.0. The van der Waals surface area contributed by atoms with E-state index in [4.69, 9.17) is 9.47 Å². The summed E-state index contributed by atoms with van der Waals surface area (Å²) < 4.78 is 12.2. The number of fused-ring (bicyclic) bond motifs is 1. The molecule has 2 N–H and O–H groups in total. The number of hydrogen-bond donors (Lipinski definition) is 2. The minimum atomic E-state index is -0.509. The second-order valence-corrected chi connectivity index (χ2v) is 8.60. The summed E-state index contributed by atoms with van der Waals surface area (Å²) in [5.74, 6) is 1.27. The second kappa shape index (κ2) is 8.37. The molecule has 1 aliphatic rings. The number of alkyl carbamates (subject to hydrolysis) is 1. The number of aromatic nitrogens is 5. The van der Waals surface area contributed by atoms with Crippen LogP contribution in [-0.2, 0) is 4.74 Å². The zero-order valence-corrected chi connectivity index (χ0v) is 18.1. The Bertz CT molecular complexity index is 1060. The van der Waals surface area contributed by atoms with Crippen molar-refractivity contribution in [2.75, 3.05) is 12.4 Å². The van der Waals surface area contributed by atoms with Gasteiger partial charge in [0, 0.05) is 12.1 Å². The molecule has 2 aromatic heterocycles. The van der Waals surface area contributed by atoms with Gasteiger partial charge in [0.1, 0.15) is 11.4 Å². The number of ether oxygens (including phenoxy) is 2. The number of carbonyl (C=O) groups excluding carboxylic acids is 1. The highest BCUT2D eigenvalue weighted by Gasteiger charge is 2.28. The third-order valence-electron chi connectivity index (χ3n) is 5.00. The molecule has 2 atom stereocenters. The summed E-state index contributed by atoms with van der Waals surface area (Å²) in [4.78, 5) is 21.0. The monoisotopic (exact) mass is 425 g/mol. The van der Waals surface area contributed by atoms with E-state index in [1.54, 1.807) is 18.0 Å². The van der Waals surface area contributed by atoms with Gasteiger partial charge in [0.15, 0.2) is 11.2 Å². The fourth-order valence-corrected chi connectivity index (χ4v) is 3.60. The molecule has 0 radical (unpaired) electrons. The molecular weight excluding hydrogens is 398 g/mol. The fraction of sp³-hybridized carbons (Fsp3) is 0.476. The Balaban J connectivity index is 1.43. The van der Waals surface area contributed by atoms with E-state index in [0.29, 0.717) is 17.1 Å². The first kappa shape index (κ1) is 20.8. The van der Waals surface area contributed by atoms with Crippen molar-refractivity contribution in [3.05, 3.63) is 30.5 Å². The zero-order valence-electron chi connectivity index (χ0n) is 18.1. The standard InChI is InChI=1S/C21H27N7O3/c1-21(2,3)31-20(29)24-14-6-5-13(11-14)23-19-22-12-17-18(25-19)28(27-26-17)15-7-9-16(30-4)10-8-15/h7-10,12-14H,5-6,11H2,1-4H3,(H,24,29)(H,22,23,25)/t13-,14-/m1/s1. The average molecular weight is 425 g/mol. The highest BCUT2D eigenvalue weighted by atomic mass is 16.6. The van der Waals surface area contributed by atoms with Crippen molar-refractivity contribution in [2.24, 2.45) is 0 Å². The number of benzene rings is 1. The van der Waals surface area contributed by atoms with Crippen molar-refractivity contribution in [1.29, 1.82) is 0 Å². The molecule has 3 aromatic rings. The van der Waals surface area contributed by atoms with Gasteiger partial charge in [-0.05, 0) is 64.3 Å². The molecule has 10 nitrogen and oxygen atoms in total. The Morgan fingerprint density at radius 3 is 2.61 bits per heavy atom. The Morgan fingerprint density at radius 1 is 1.16 bits per heavy atom. The van der Waals surface area contributed by atoms with Crippen LogP contribution in [-0.4, -0.2) is 55.8 Å². The average Bonchev–Trinajstić information content (AvgIpc) is 3.33. The maximum Gasteiger partial charge on any atom is 0.407 e. The first-order chi connectivity index (χ1) is 14.8. The summed E-state index contributed by atoms with van der Waals surface area (Å²) in [6, 6.07) is 7.72. The summed E-state index contributed by atoms with van der Waals surface area (Å²) in [5, 5.41) is 14.7. The highest BCUT2D eigenvalue weighted by Crippen LogP contribution is 2.24. The normalized spacial score (nSPS) is 18.7. The number of rotatable bonds is 5. The van der Waals surface area contributed by atoms with Gasteiger partial charge < -0.3 is 20.1 Å². The van der Waals surface area contributed by atoms with E-state index in [-0.39, 0.29) is 18.2 Å². The first-order valence-electron chi connectivity index (χ1n) is 10.3. The lowest BCUT2D eigenvalue weighted by Crippen LogP contribution is -2.38. The lowest BCUT2D eigenvalue weighted by molar-refractivity contribution is 0.0505. The highest BCUT2D eigenvalue weighted by molar-refractivity contribution is 5.72. The number of methoxy groups -OCH3 is 1. The van der Waals surface area contributed by atoms with Crippen LogP contribution in [0.2, 0.25) is 0 Å². The Kier molecular flexibility index (Phi) is 5.62. The van der Waals surface area contributed by atoms with E-state index in [9.17, 15) is 4.79 Å². The Morgan fingerprint density at radius 2 is 1.90 bits per heavy atom. The number of amides is 1. The number of nitrogens with zero attached hydrogens (tertiary/aromatic N) is 5. The van der Waals surface area contributed by atoms with Gasteiger partial charge in [-0.3, -0.25) is 0 Å². The fourth-order valence-electron chi connectivity index (χ4n) is 3.60. The molecule has 0 saturated heterocycles. The van der Waals surface area contributed by atoms with E-state index >= 15 is 0 Å². The minimum absolute atomic E-state index is 0.0579. The van der Waals surface area contributed by atoms with Gasteiger partial charge >= 0.3 is 6.09 Å². The molecule has 1 aliphatic carbocycles. The van der Waals surface area contributed by atoms with Gasteiger partial charge in [0.2, 0.25) is 5.95 Å². The van der Waals surface area contributed by atoms with Crippen molar-refractivity contribution >= 4 is 23.2 Å². The van der Waals surface area contributed by atoms with Gasteiger partial charge in [-0.25, -0.2) is 9.78 Å². The first-order valence-corrected chi connectivity index (χ1v) is 10.3. The van der Waals surface area contributed by atoms with Crippen molar-refractivity contribution in [3.8, 4) is 11.4 Å². The molecule has 1 aromatic carbocycles. The molecule has 0 unspecified atom stereocenters. The van der Waals surface area contributed by atoms with Crippen molar-refractivity contribution < 1.29 is 14.3 Å². The maximum atomic E-state index is 12.0. The van der Waals surface area contributed by atoms with Gasteiger partial charge in [0.05, 0.1) is 19.0 Å². The molecule has 0 bridgehead atoms. The third-order valence-corrected chi connectivity index (χ3v) is 5.00. The number of nitrogens with one attached hydrogen (secondary N) is 2. The molecule has 0 spiro atoms. The quantitative estimate of drug-likeness (QED) is 0.641. The molecule has 164 valence electrons. The Hall–Kier alpha value is -3.43. The molecule has 1 saturated carbocycles. The lowest BCUT2D eigenvalue weighted by atomic mass is 10.2. The summed E-state index contributed by atoms with van der Waals surface area (Å²) >= 11 is 0. The van der Waals surface area contributed by atoms with E-state index < -0.39 is 5.60 Å². The van der Waals surface area contributed by atoms with Crippen LogP contribution < -0.4 is 15.4 Å². The Labute approximate surface area is 180 Å². The molecule has 1 fully saturated rings. The summed E-state index contributed by atoms with van der Waals surface area (Å²) in [6.07, 6.45) is 3.81. The predicted molar refractivity (Wildman–Crippen MR) is 115 cm³/mol. The lowest BCUT2D eigenvalue weighted by Gasteiger charge is -2.21. The third kappa shape index (κ3) is 5.01. The molecule has 2 heterocycles. The van der Waals surface area contributed by atoms with Crippen LogP contribution in [0.5, 0.6) is 5.75 Å². The van der Waals surface area contributed by atoms with E-state index in [2.05, 4.69) is 30.9 Å². The molecule has 1 amide bonds. The van der Waals surface area contributed by atoms with E-state index in [0.717, 1.165) is 30.7 Å². The zero-order chi connectivity index (χ0) is 22.0. The summed E-state index contributed by atoms with van der Waals surface area (Å²) in [7, 11) is 1.63. The van der Waals surface area contributed by atoms with Crippen LogP contribution >= 0.6 is 0 Å². The molecule has 31 heavy (non-hydrogen) atoms. The van der Waals surface area contributed by atoms with Crippen LogP contribution in [0.25, 0.3) is 16.9 Å². The molecular formula is C21H27N7O3. The van der Waals surface area contributed by atoms with E-state index in [1.807, 2.05) is 45.0 Å². The van der Waals surface area contributed by atoms with Gasteiger partial charge in [-0.1, -0.05) is 5.21 Å². The van der Waals surface area contributed by atoms with Crippen LogP contribution in [0.4, 0.5) is 10.7 Å². The van der Waals surface area contributed by atoms with Crippen molar-refractivity contribution in [1.82, 2.24) is 30.3 Å².